The third-order valence-corrected chi connectivity index (χ3v) is 5.17. The van der Waals surface area contributed by atoms with E-state index in [4.69, 9.17) is 11.6 Å². The van der Waals surface area contributed by atoms with E-state index in [-0.39, 0.29) is 22.8 Å². The molecule has 0 saturated carbocycles. The van der Waals surface area contributed by atoms with E-state index in [2.05, 4.69) is 10.0 Å². The van der Waals surface area contributed by atoms with Crippen LogP contribution in [-0.2, 0) is 14.8 Å². The Bertz CT molecular complexity index is 615. The minimum atomic E-state index is -3.78. The molecule has 130 valence electrons. The van der Waals surface area contributed by atoms with Crippen LogP contribution in [0.15, 0.2) is 29.2 Å². The Labute approximate surface area is 143 Å². The van der Waals surface area contributed by atoms with Crippen molar-refractivity contribution in [3.8, 4) is 0 Å². The smallest absolute Gasteiger partial charge is 0.241 e. The quantitative estimate of drug-likeness (QED) is 0.748. The van der Waals surface area contributed by atoms with Gasteiger partial charge in [0.1, 0.15) is 6.04 Å². The topological polar surface area (TPSA) is 75.3 Å². The van der Waals surface area contributed by atoms with E-state index in [1.54, 1.807) is 13.8 Å². The van der Waals surface area contributed by atoms with E-state index < -0.39 is 16.1 Å². The van der Waals surface area contributed by atoms with Crippen molar-refractivity contribution in [3.05, 3.63) is 29.3 Å². The minimum absolute atomic E-state index is 0.00814. The predicted molar refractivity (Wildman–Crippen MR) is 92.9 cm³/mol. The van der Waals surface area contributed by atoms with Crippen LogP contribution in [0.5, 0.6) is 0 Å². The zero-order valence-corrected chi connectivity index (χ0v) is 15.5. The molecule has 7 heteroatoms. The first-order chi connectivity index (χ1) is 10.7. The molecule has 0 saturated heterocycles. The molecule has 0 aromatic heterocycles. The number of carbonyl (C=O) groups is 1. The summed E-state index contributed by atoms with van der Waals surface area (Å²) in [6, 6.07) is 5.02. The number of nitrogens with one attached hydrogen (secondary N) is 2. The third kappa shape index (κ3) is 6.12. The first-order valence-corrected chi connectivity index (χ1v) is 9.61. The second kappa shape index (κ2) is 8.66. The maximum absolute atomic E-state index is 12.4. The Kier molecular flexibility index (Phi) is 7.51. The molecule has 0 aliphatic heterocycles. The van der Waals surface area contributed by atoms with Gasteiger partial charge in [-0.25, -0.2) is 8.42 Å². The summed E-state index contributed by atoms with van der Waals surface area (Å²) in [4.78, 5) is 12.5. The van der Waals surface area contributed by atoms with Crippen LogP contribution in [-0.4, -0.2) is 26.4 Å². The van der Waals surface area contributed by atoms with E-state index in [1.807, 2.05) is 13.8 Å². The Morgan fingerprint density at radius 1 is 1.17 bits per heavy atom. The number of carbonyl (C=O) groups excluding carboxylic acids is 1. The molecule has 23 heavy (non-hydrogen) atoms. The molecule has 1 amide bonds. The zero-order chi connectivity index (χ0) is 17.6. The molecule has 0 bridgehead atoms. The lowest BCUT2D eigenvalue weighted by atomic mass is 10.0. The van der Waals surface area contributed by atoms with E-state index >= 15 is 0 Å². The predicted octanol–water partition coefficient (Wildman–Crippen LogP) is 2.95. The molecule has 1 unspecified atom stereocenters. The van der Waals surface area contributed by atoms with Crippen LogP contribution in [0.25, 0.3) is 0 Å². The van der Waals surface area contributed by atoms with Crippen LogP contribution in [0.4, 0.5) is 0 Å². The van der Waals surface area contributed by atoms with Crippen LogP contribution >= 0.6 is 11.6 Å². The van der Waals surface area contributed by atoms with Crippen LogP contribution < -0.4 is 10.0 Å². The maximum Gasteiger partial charge on any atom is 0.241 e. The van der Waals surface area contributed by atoms with Gasteiger partial charge in [-0.05, 0) is 43.5 Å². The van der Waals surface area contributed by atoms with Gasteiger partial charge >= 0.3 is 0 Å². The Morgan fingerprint density at radius 2 is 1.74 bits per heavy atom. The fourth-order valence-corrected chi connectivity index (χ4v) is 3.65. The molecule has 0 aliphatic carbocycles. The van der Waals surface area contributed by atoms with Crippen molar-refractivity contribution >= 4 is 27.5 Å². The fourth-order valence-electron chi connectivity index (χ4n) is 2.18. The van der Waals surface area contributed by atoms with E-state index in [0.29, 0.717) is 5.02 Å². The molecule has 0 aliphatic rings. The van der Waals surface area contributed by atoms with Crippen molar-refractivity contribution in [2.24, 2.45) is 5.92 Å². The van der Waals surface area contributed by atoms with E-state index in [9.17, 15) is 13.2 Å². The van der Waals surface area contributed by atoms with Gasteiger partial charge < -0.3 is 5.32 Å². The number of benzene rings is 1. The highest BCUT2D eigenvalue weighted by molar-refractivity contribution is 7.89. The number of sulfonamides is 1. The summed E-state index contributed by atoms with van der Waals surface area (Å²) < 4.78 is 27.4. The first kappa shape index (κ1) is 19.9. The summed E-state index contributed by atoms with van der Waals surface area (Å²) in [5, 5.41) is 3.31. The lowest BCUT2D eigenvalue weighted by Gasteiger charge is -2.23. The normalized spacial score (nSPS) is 14.5. The highest BCUT2D eigenvalue weighted by Crippen LogP contribution is 2.15. The summed E-state index contributed by atoms with van der Waals surface area (Å²) in [6.45, 7) is 7.55. The summed E-state index contributed by atoms with van der Waals surface area (Å²) in [5.41, 5.74) is 0. The number of amides is 1. The lowest BCUT2D eigenvalue weighted by Crippen LogP contribution is -2.51. The molecule has 2 atom stereocenters. The first-order valence-electron chi connectivity index (χ1n) is 7.75. The molecular formula is C16H25ClN2O3S. The molecule has 1 aromatic rings. The highest BCUT2D eigenvalue weighted by Gasteiger charge is 2.28. The highest BCUT2D eigenvalue weighted by atomic mass is 35.5. The van der Waals surface area contributed by atoms with Crippen LogP contribution in [0.3, 0.4) is 0 Å². The van der Waals surface area contributed by atoms with Gasteiger partial charge in [0.05, 0.1) is 4.90 Å². The zero-order valence-electron chi connectivity index (χ0n) is 14.0. The molecular weight excluding hydrogens is 336 g/mol. The van der Waals surface area contributed by atoms with Crippen molar-refractivity contribution in [2.45, 2.75) is 57.5 Å². The van der Waals surface area contributed by atoms with Crippen molar-refractivity contribution in [3.63, 3.8) is 0 Å². The standard InChI is InChI=1S/C16H25ClN2O3S/c1-5-6-12(4)18-16(20)15(11(2)3)19-23(21,22)14-9-7-13(17)8-10-14/h7-12,15,19H,5-6H2,1-4H3,(H,18,20)/t12?,15-/m0/s1. The monoisotopic (exact) mass is 360 g/mol. The second-order valence-corrected chi connectivity index (χ2v) is 8.15. The van der Waals surface area contributed by atoms with E-state index in [0.717, 1.165) is 12.8 Å². The Hall–Kier alpha value is -1.11. The number of hydrogen-bond donors (Lipinski definition) is 2. The molecule has 2 N–H and O–H groups in total. The molecule has 0 heterocycles. The summed E-state index contributed by atoms with van der Waals surface area (Å²) >= 11 is 5.78. The largest absolute Gasteiger partial charge is 0.352 e. The summed E-state index contributed by atoms with van der Waals surface area (Å²) in [5.74, 6) is -0.482. The van der Waals surface area contributed by atoms with E-state index in [1.165, 1.54) is 24.3 Å². The van der Waals surface area contributed by atoms with Gasteiger partial charge in [-0.1, -0.05) is 38.8 Å². The van der Waals surface area contributed by atoms with Gasteiger partial charge in [0.15, 0.2) is 0 Å². The second-order valence-electron chi connectivity index (χ2n) is 6.00. The third-order valence-electron chi connectivity index (χ3n) is 3.47. The van der Waals surface area contributed by atoms with Crippen molar-refractivity contribution in [1.29, 1.82) is 0 Å². The molecule has 5 nitrogen and oxygen atoms in total. The minimum Gasteiger partial charge on any atom is -0.352 e. The SMILES string of the molecule is CCCC(C)NC(=O)[C@@H](NS(=O)(=O)c1ccc(Cl)cc1)C(C)C. The summed E-state index contributed by atoms with van der Waals surface area (Å²) in [6.07, 6.45) is 1.80. The number of halogens is 1. The molecule has 1 aromatic carbocycles. The van der Waals surface area contributed by atoms with Gasteiger partial charge in [-0.15, -0.1) is 0 Å². The van der Waals surface area contributed by atoms with Crippen molar-refractivity contribution in [1.82, 2.24) is 10.0 Å². The molecule has 1 rings (SSSR count). The van der Waals surface area contributed by atoms with Crippen LogP contribution in [0.1, 0.15) is 40.5 Å². The Balaban J connectivity index is 2.90. The van der Waals surface area contributed by atoms with Gasteiger partial charge in [0, 0.05) is 11.1 Å². The van der Waals surface area contributed by atoms with Crippen molar-refractivity contribution in [2.75, 3.05) is 0 Å². The number of rotatable bonds is 8. The molecule has 0 fully saturated rings. The van der Waals surface area contributed by atoms with Crippen LogP contribution in [0, 0.1) is 5.92 Å². The average molecular weight is 361 g/mol. The van der Waals surface area contributed by atoms with Gasteiger partial charge in [-0.2, -0.15) is 4.72 Å². The Morgan fingerprint density at radius 3 is 2.22 bits per heavy atom. The fraction of sp³-hybridized carbons (Fsp3) is 0.562. The van der Waals surface area contributed by atoms with Crippen molar-refractivity contribution < 1.29 is 13.2 Å². The molecule has 0 radical (unpaired) electrons. The number of hydrogen-bond acceptors (Lipinski definition) is 3. The summed E-state index contributed by atoms with van der Waals surface area (Å²) in [7, 11) is -3.78. The average Bonchev–Trinajstić information content (AvgIpc) is 2.45. The van der Waals surface area contributed by atoms with Gasteiger partial charge in [-0.3, -0.25) is 4.79 Å². The van der Waals surface area contributed by atoms with Gasteiger partial charge in [0.25, 0.3) is 0 Å². The van der Waals surface area contributed by atoms with Gasteiger partial charge in [0.2, 0.25) is 15.9 Å². The lowest BCUT2D eigenvalue weighted by molar-refractivity contribution is -0.124. The van der Waals surface area contributed by atoms with Crippen LogP contribution in [0.2, 0.25) is 5.02 Å². The maximum atomic E-state index is 12.4. The molecule has 0 spiro atoms.